The summed E-state index contributed by atoms with van der Waals surface area (Å²) in [6.07, 6.45) is 3.46. The number of nitrogens with zero attached hydrogens (tertiary/aromatic N) is 1. The van der Waals surface area contributed by atoms with Gasteiger partial charge in [-0.15, -0.1) is 0 Å². The fourth-order valence-corrected chi connectivity index (χ4v) is 2.20. The number of hydrogen-bond donors (Lipinski definition) is 1. The van der Waals surface area contributed by atoms with Gasteiger partial charge in [0.1, 0.15) is 0 Å². The monoisotopic (exact) mass is 244 g/mol. The van der Waals surface area contributed by atoms with E-state index in [1.165, 1.54) is 11.1 Å². The first kappa shape index (κ1) is 12.9. The molecule has 18 heavy (non-hydrogen) atoms. The van der Waals surface area contributed by atoms with E-state index < -0.39 is 0 Å². The van der Waals surface area contributed by atoms with Gasteiger partial charge in [0.2, 0.25) is 0 Å². The SMILES string of the molecule is Cc1ccccc1CN(C)C(CN)c1ccoc1. The van der Waals surface area contributed by atoms with Crippen LogP contribution in [0.4, 0.5) is 0 Å². The molecule has 0 amide bonds. The first-order chi connectivity index (χ1) is 8.72. The fraction of sp³-hybridized carbons (Fsp3) is 0.333. The number of nitrogens with two attached hydrogens (primary N) is 1. The summed E-state index contributed by atoms with van der Waals surface area (Å²) >= 11 is 0. The molecule has 0 aliphatic heterocycles. The Morgan fingerprint density at radius 3 is 2.67 bits per heavy atom. The van der Waals surface area contributed by atoms with E-state index >= 15 is 0 Å². The normalized spacial score (nSPS) is 12.9. The molecule has 1 unspecified atom stereocenters. The molecule has 96 valence electrons. The van der Waals surface area contributed by atoms with Crippen LogP contribution in [0.1, 0.15) is 22.7 Å². The second-order valence-electron chi connectivity index (χ2n) is 4.65. The number of furan rings is 1. The Labute approximate surface area is 108 Å². The van der Waals surface area contributed by atoms with Crippen LogP contribution in [0.5, 0.6) is 0 Å². The van der Waals surface area contributed by atoms with Crippen molar-refractivity contribution in [1.82, 2.24) is 4.90 Å². The van der Waals surface area contributed by atoms with Gasteiger partial charge in [0.25, 0.3) is 0 Å². The molecule has 1 heterocycles. The Hall–Kier alpha value is -1.58. The molecule has 3 heteroatoms. The van der Waals surface area contributed by atoms with Gasteiger partial charge in [-0.2, -0.15) is 0 Å². The van der Waals surface area contributed by atoms with E-state index in [0.717, 1.165) is 12.1 Å². The van der Waals surface area contributed by atoms with E-state index in [-0.39, 0.29) is 6.04 Å². The molecule has 0 saturated carbocycles. The van der Waals surface area contributed by atoms with Crippen LogP contribution < -0.4 is 5.73 Å². The van der Waals surface area contributed by atoms with E-state index in [1.807, 2.05) is 6.07 Å². The Kier molecular flexibility index (Phi) is 4.18. The summed E-state index contributed by atoms with van der Waals surface area (Å²) in [7, 11) is 2.09. The second kappa shape index (κ2) is 5.85. The molecule has 0 spiro atoms. The predicted molar refractivity (Wildman–Crippen MR) is 73.1 cm³/mol. The third-order valence-corrected chi connectivity index (χ3v) is 3.36. The van der Waals surface area contributed by atoms with Gasteiger partial charge in [0.15, 0.2) is 0 Å². The van der Waals surface area contributed by atoms with Gasteiger partial charge < -0.3 is 10.2 Å². The quantitative estimate of drug-likeness (QED) is 0.879. The number of rotatable bonds is 5. The maximum atomic E-state index is 5.87. The van der Waals surface area contributed by atoms with Crippen LogP contribution in [-0.2, 0) is 6.54 Å². The first-order valence-electron chi connectivity index (χ1n) is 6.19. The standard InChI is InChI=1S/C15H20N2O/c1-12-5-3-4-6-13(12)10-17(2)15(9-16)14-7-8-18-11-14/h3-8,11,15H,9-10,16H2,1-2H3. The van der Waals surface area contributed by atoms with Crippen molar-refractivity contribution in [2.45, 2.75) is 19.5 Å². The minimum atomic E-state index is 0.198. The zero-order valence-corrected chi connectivity index (χ0v) is 11.0. The number of likely N-dealkylation sites (N-methyl/N-ethyl adjacent to an activating group) is 1. The lowest BCUT2D eigenvalue weighted by Crippen LogP contribution is -2.30. The van der Waals surface area contributed by atoms with Crippen molar-refractivity contribution in [1.29, 1.82) is 0 Å². The highest BCUT2D eigenvalue weighted by molar-refractivity contribution is 5.25. The van der Waals surface area contributed by atoms with Gasteiger partial charge in [0.05, 0.1) is 18.6 Å². The molecule has 0 bridgehead atoms. The molecular weight excluding hydrogens is 224 g/mol. The lowest BCUT2D eigenvalue weighted by molar-refractivity contribution is 0.240. The van der Waals surface area contributed by atoms with Crippen molar-refractivity contribution in [2.75, 3.05) is 13.6 Å². The summed E-state index contributed by atoms with van der Waals surface area (Å²) in [6.45, 7) is 3.61. The molecule has 0 saturated heterocycles. The first-order valence-corrected chi connectivity index (χ1v) is 6.19. The number of hydrogen-bond acceptors (Lipinski definition) is 3. The third kappa shape index (κ3) is 2.81. The van der Waals surface area contributed by atoms with Gasteiger partial charge in [-0.3, -0.25) is 4.90 Å². The lowest BCUT2D eigenvalue weighted by Gasteiger charge is -2.26. The second-order valence-corrected chi connectivity index (χ2v) is 4.65. The van der Waals surface area contributed by atoms with Crippen LogP contribution in [-0.4, -0.2) is 18.5 Å². The van der Waals surface area contributed by atoms with Crippen LogP contribution in [0.15, 0.2) is 47.3 Å². The van der Waals surface area contributed by atoms with Crippen molar-refractivity contribution in [3.8, 4) is 0 Å². The van der Waals surface area contributed by atoms with E-state index in [4.69, 9.17) is 10.2 Å². The van der Waals surface area contributed by atoms with Crippen LogP contribution in [0.25, 0.3) is 0 Å². The van der Waals surface area contributed by atoms with E-state index in [1.54, 1.807) is 12.5 Å². The Morgan fingerprint density at radius 1 is 1.28 bits per heavy atom. The Balaban J connectivity index is 2.11. The molecule has 1 aromatic carbocycles. The predicted octanol–water partition coefficient (Wildman–Crippen LogP) is 2.72. The number of aryl methyl sites for hydroxylation is 1. The summed E-state index contributed by atoms with van der Waals surface area (Å²) in [6, 6.07) is 10.6. The Morgan fingerprint density at radius 2 is 2.06 bits per heavy atom. The third-order valence-electron chi connectivity index (χ3n) is 3.36. The maximum Gasteiger partial charge on any atom is 0.0950 e. The summed E-state index contributed by atoms with van der Waals surface area (Å²) in [5.41, 5.74) is 9.65. The van der Waals surface area contributed by atoms with Crippen molar-refractivity contribution < 1.29 is 4.42 Å². The zero-order chi connectivity index (χ0) is 13.0. The van der Waals surface area contributed by atoms with Crippen LogP contribution in [0.3, 0.4) is 0 Å². The average Bonchev–Trinajstić information content (AvgIpc) is 2.87. The smallest absolute Gasteiger partial charge is 0.0950 e. The average molecular weight is 244 g/mol. The van der Waals surface area contributed by atoms with Crippen molar-refractivity contribution >= 4 is 0 Å². The van der Waals surface area contributed by atoms with E-state index in [0.29, 0.717) is 6.54 Å². The molecule has 2 rings (SSSR count). The summed E-state index contributed by atoms with van der Waals surface area (Å²) in [4.78, 5) is 2.26. The van der Waals surface area contributed by atoms with Gasteiger partial charge in [-0.1, -0.05) is 24.3 Å². The molecule has 2 N–H and O–H groups in total. The van der Waals surface area contributed by atoms with Crippen LogP contribution in [0.2, 0.25) is 0 Å². The maximum absolute atomic E-state index is 5.87. The molecule has 0 fully saturated rings. The summed E-state index contributed by atoms with van der Waals surface area (Å²) in [5.74, 6) is 0. The molecule has 1 atom stereocenters. The molecule has 2 aromatic rings. The minimum absolute atomic E-state index is 0.198. The Bertz CT molecular complexity index is 479. The highest BCUT2D eigenvalue weighted by Crippen LogP contribution is 2.21. The fourth-order valence-electron chi connectivity index (χ4n) is 2.20. The molecule has 0 aliphatic carbocycles. The van der Waals surface area contributed by atoms with E-state index in [2.05, 4.69) is 43.1 Å². The molecule has 0 radical (unpaired) electrons. The molecular formula is C15H20N2O. The van der Waals surface area contributed by atoms with E-state index in [9.17, 15) is 0 Å². The largest absolute Gasteiger partial charge is 0.472 e. The van der Waals surface area contributed by atoms with Gasteiger partial charge in [-0.25, -0.2) is 0 Å². The number of benzene rings is 1. The van der Waals surface area contributed by atoms with Gasteiger partial charge in [-0.05, 0) is 31.2 Å². The highest BCUT2D eigenvalue weighted by atomic mass is 16.3. The summed E-state index contributed by atoms with van der Waals surface area (Å²) in [5, 5.41) is 0. The molecule has 0 aliphatic rings. The van der Waals surface area contributed by atoms with Crippen molar-refractivity contribution in [3.63, 3.8) is 0 Å². The zero-order valence-electron chi connectivity index (χ0n) is 11.0. The van der Waals surface area contributed by atoms with Gasteiger partial charge >= 0.3 is 0 Å². The molecule has 1 aromatic heterocycles. The van der Waals surface area contributed by atoms with Crippen LogP contribution >= 0.6 is 0 Å². The van der Waals surface area contributed by atoms with Crippen LogP contribution in [0, 0.1) is 6.92 Å². The topological polar surface area (TPSA) is 42.4 Å². The van der Waals surface area contributed by atoms with Crippen molar-refractivity contribution in [2.24, 2.45) is 5.73 Å². The van der Waals surface area contributed by atoms with Gasteiger partial charge in [0, 0.05) is 18.7 Å². The van der Waals surface area contributed by atoms with Crippen molar-refractivity contribution in [3.05, 3.63) is 59.5 Å². The minimum Gasteiger partial charge on any atom is -0.472 e. The lowest BCUT2D eigenvalue weighted by atomic mass is 10.1. The summed E-state index contributed by atoms with van der Waals surface area (Å²) < 4.78 is 5.14. The highest BCUT2D eigenvalue weighted by Gasteiger charge is 2.17. The molecule has 3 nitrogen and oxygen atoms in total.